The Morgan fingerprint density at radius 1 is 1.19 bits per heavy atom. The van der Waals surface area contributed by atoms with Crippen LogP contribution in [0, 0.1) is 0 Å². The van der Waals surface area contributed by atoms with Gasteiger partial charge in [-0.15, -0.1) is 0 Å². The quantitative estimate of drug-likeness (QED) is 0.644. The Hall–Kier alpha value is -2.84. The summed E-state index contributed by atoms with van der Waals surface area (Å²) >= 11 is 5.87. The summed E-state index contributed by atoms with van der Waals surface area (Å²) < 4.78 is 33.5. The van der Waals surface area contributed by atoms with Crippen LogP contribution in [0.3, 0.4) is 0 Å². The van der Waals surface area contributed by atoms with Crippen molar-refractivity contribution >= 4 is 44.2 Å². The number of benzene rings is 2. The molecule has 3 aromatic rings. The monoisotopic (exact) mass is 392 g/mol. The summed E-state index contributed by atoms with van der Waals surface area (Å²) in [6, 6.07) is 11.6. The zero-order valence-electron chi connectivity index (χ0n) is 13.4. The van der Waals surface area contributed by atoms with Gasteiger partial charge in [-0.25, -0.2) is 18.2 Å². The fourth-order valence-corrected chi connectivity index (χ4v) is 4.06. The van der Waals surface area contributed by atoms with Gasteiger partial charge < -0.3 is 9.84 Å². The van der Waals surface area contributed by atoms with Crippen molar-refractivity contribution in [3.63, 3.8) is 0 Å². The minimum absolute atomic E-state index is 0.0384. The highest BCUT2D eigenvalue weighted by atomic mass is 35.5. The first-order valence-electron chi connectivity index (χ1n) is 7.31. The van der Waals surface area contributed by atoms with Crippen LogP contribution >= 0.6 is 11.6 Å². The molecule has 0 aliphatic rings. The van der Waals surface area contributed by atoms with E-state index in [9.17, 15) is 13.2 Å². The van der Waals surface area contributed by atoms with Gasteiger partial charge in [-0.1, -0.05) is 17.7 Å². The number of hydrogen-bond acceptors (Lipinski definition) is 5. The number of sulfonamides is 1. The molecule has 0 saturated heterocycles. The Morgan fingerprint density at radius 3 is 2.65 bits per heavy atom. The Kier molecular flexibility index (Phi) is 4.71. The molecule has 2 N–H and O–H groups in total. The van der Waals surface area contributed by atoms with Gasteiger partial charge in [0.1, 0.15) is 15.8 Å². The number of nitrogens with one attached hydrogen (secondary N) is 1. The third kappa shape index (κ3) is 3.42. The summed E-state index contributed by atoms with van der Waals surface area (Å²) in [4.78, 5) is 15.1. The van der Waals surface area contributed by atoms with Crippen LogP contribution in [-0.4, -0.2) is 31.6 Å². The fourth-order valence-electron chi connectivity index (χ4n) is 2.49. The van der Waals surface area contributed by atoms with Gasteiger partial charge in [0.05, 0.1) is 18.2 Å². The number of anilines is 1. The van der Waals surface area contributed by atoms with Crippen molar-refractivity contribution in [3.05, 3.63) is 59.2 Å². The lowest BCUT2D eigenvalue weighted by atomic mass is 10.2. The van der Waals surface area contributed by atoms with Gasteiger partial charge in [0, 0.05) is 11.1 Å². The molecule has 1 aromatic heterocycles. The summed E-state index contributed by atoms with van der Waals surface area (Å²) in [5.41, 5.74) is 0.465. The Morgan fingerprint density at radius 2 is 1.96 bits per heavy atom. The maximum absolute atomic E-state index is 13.0. The van der Waals surface area contributed by atoms with E-state index in [1.165, 1.54) is 49.6 Å². The van der Waals surface area contributed by atoms with E-state index in [0.29, 0.717) is 10.9 Å². The molecule has 0 atom stereocenters. The predicted molar refractivity (Wildman–Crippen MR) is 97.5 cm³/mol. The maximum Gasteiger partial charge on any atom is 0.335 e. The lowest BCUT2D eigenvalue weighted by Crippen LogP contribution is -2.15. The van der Waals surface area contributed by atoms with E-state index in [1.807, 2.05) is 0 Å². The number of hydrogen-bond donors (Lipinski definition) is 2. The van der Waals surface area contributed by atoms with Crippen molar-refractivity contribution in [1.29, 1.82) is 0 Å². The number of carboxylic acid groups (broad SMARTS) is 1. The molecule has 0 aliphatic heterocycles. The largest absolute Gasteiger partial charge is 0.495 e. The number of aromatic carboxylic acids is 1. The van der Waals surface area contributed by atoms with Gasteiger partial charge in [-0.05, 0) is 42.5 Å². The number of aromatic nitrogens is 1. The van der Waals surface area contributed by atoms with Crippen LogP contribution in [0.1, 0.15) is 10.4 Å². The zero-order chi connectivity index (χ0) is 18.9. The highest BCUT2D eigenvalue weighted by molar-refractivity contribution is 7.93. The van der Waals surface area contributed by atoms with E-state index in [0.717, 1.165) is 0 Å². The second-order valence-electron chi connectivity index (χ2n) is 5.29. The molecule has 0 radical (unpaired) electrons. The molecule has 0 aliphatic carbocycles. The van der Waals surface area contributed by atoms with Gasteiger partial charge in [-0.2, -0.15) is 0 Å². The number of methoxy groups -OCH3 is 1. The van der Waals surface area contributed by atoms with Gasteiger partial charge in [0.2, 0.25) is 0 Å². The number of rotatable bonds is 5. The summed E-state index contributed by atoms with van der Waals surface area (Å²) in [6.07, 6.45) is 0. The standard InChI is InChI=1S/C17H13ClN2O5S/c1-25-14-7-6-13-12(5-8-15(18)19-13)16(14)26(23,24)20-11-4-2-3-10(9-11)17(21)22/h2-9,20H,1H3,(H,21,22). The lowest BCUT2D eigenvalue weighted by molar-refractivity contribution is 0.0697. The summed E-state index contributed by atoms with van der Waals surface area (Å²) in [7, 11) is -2.73. The Bertz CT molecular complexity index is 1120. The molecule has 0 saturated carbocycles. The average molecular weight is 393 g/mol. The SMILES string of the molecule is COc1ccc2nc(Cl)ccc2c1S(=O)(=O)Nc1cccc(C(=O)O)c1. The number of nitrogens with zero attached hydrogens (tertiary/aromatic N) is 1. The van der Waals surface area contributed by atoms with Gasteiger partial charge in [-0.3, -0.25) is 4.72 Å². The molecule has 0 unspecified atom stereocenters. The highest BCUT2D eigenvalue weighted by Crippen LogP contribution is 2.33. The average Bonchev–Trinajstić information content (AvgIpc) is 2.60. The van der Waals surface area contributed by atoms with Crippen molar-refractivity contribution in [1.82, 2.24) is 4.98 Å². The van der Waals surface area contributed by atoms with E-state index in [2.05, 4.69) is 9.71 Å². The third-order valence-corrected chi connectivity index (χ3v) is 5.28. The number of pyridine rings is 1. The van der Waals surface area contributed by atoms with Crippen LogP contribution in [0.25, 0.3) is 10.9 Å². The van der Waals surface area contributed by atoms with Gasteiger partial charge >= 0.3 is 5.97 Å². The summed E-state index contributed by atoms with van der Waals surface area (Å²) in [5.74, 6) is -1.03. The van der Waals surface area contributed by atoms with Crippen LogP contribution in [0.4, 0.5) is 5.69 Å². The lowest BCUT2D eigenvalue weighted by Gasteiger charge is -2.14. The molecular formula is C17H13ClN2O5S. The van der Waals surface area contributed by atoms with E-state index >= 15 is 0 Å². The summed E-state index contributed by atoms with van der Waals surface area (Å²) in [6.45, 7) is 0. The topological polar surface area (TPSA) is 106 Å². The van der Waals surface area contributed by atoms with Crippen molar-refractivity contribution in [2.45, 2.75) is 4.90 Å². The summed E-state index contributed by atoms with van der Waals surface area (Å²) in [5, 5.41) is 9.62. The zero-order valence-corrected chi connectivity index (χ0v) is 15.0. The molecule has 9 heteroatoms. The number of carbonyl (C=O) groups is 1. The first-order valence-corrected chi connectivity index (χ1v) is 9.17. The molecule has 0 spiro atoms. The second kappa shape index (κ2) is 6.81. The number of fused-ring (bicyclic) bond motifs is 1. The number of halogens is 1. The third-order valence-electron chi connectivity index (χ3n) is 3.60. The molecular weight excluding hydrogens is 380 g/mol. The molecule has 3 rings (SSSR count). The molecule has 0 bridgehead atoms. The van der Waals surface area contributed by atoms with E-state index in [4.69, 9.17) is 21.4 Å². The minimum Gasteiger partial charge on any atom is -0.495 e. The normalized spacial score (nSPS) is 11.3. The maximum atomic E-state index is 13.0. The van der Waals surface area contributed by atoms with Crippen LogP contribution in [0.2, 0.25) is 5.15 Å². The van der Waals surface area contributed by atoms with Crippen molar-refractivity contribution < 1.29 is 23.1 Å². The molecule has 1 heterocycles. The van der Waals surface area contributed by atoms with Crippen molar-refractivity contribution in [2.75, 3.05) is 11.8 Å². The molecule has 134 valence electrons. The fraction of sp³-hybridized carbons (Fsp3) is 0.0588. The van der Waals surface area contributed by atoms with Crippen LogP contribution in [-0.2, 0) is 10.0 Å². The predicted octanol–water partition coefficient (Wildman–Crippen LogP) is 3.40. The van der Waals surface area contributed by atoms with Gasteiger partial charge in [0.25, 0.3) is 10.0 Å². The number of carboxylic acids is 1. The highest BCUT2D eigenvalue weighted by Gasteiger charge is 2.24. The molecule has 0 amide bonds. The first-order chi connectivity index (χ1) is 12.3. The van der Waals surface area contributed by atoms with Crippen molar-refractivity contribution in [2.24, 2.45) is 0 Å². The first kappa shape index (κ1) is 18.0. The van der Waals surface area contributed by atoms with Crippen molar-refractivity contribution in [3.8, 4) is 5.75 Å². The Labute approximate surface area is 154 Å². The smallest absolute Gasteiger partial charge is 0.335 e. The minimum atomic E-state index is -4.09. The molecule has 7 nitrogen and oxygen atoms in total. The van der Waals surface area contributed by atoms with E-state index in [1.54, 1.807) is 6.07 Å². The molecule has 0 fully saturated rings. The van der Waals surface area contributed by atoms with E-state index < -0.39 is 16.0 Å². The molecule has 26 heavy (non-hydrogen) atoms. The van der Waals surface area contributed by atoms with Crippen LogP contribution in [0.5, 0.6) is 5.75 Å². The number of ether oxygens (including phenoxy) is 1. The van der Waals surface area contributed by atoms with Crippen LogP contribution < -0.4 is 9.46 Å². The van der Waals surface area contributed by atoms with Crippen LogP contribution in [0.15, 0.2) is 53.4 Å². The second-order valence-corrected chi connectivity index (χ2v) is 7.30. The van der Waals surface area contributed by atoms with Gasteiger partial charge in [0.15, 0.2) is 0 Å². The Balaban J connectivity index is 2.15. The molecule has 2 aromatic carbocycles. The van der Waals surface area contributed by atoms with E-state index in [-0.39, 0.29) is 27.0 Å².